The van der Waals surface area contributed by atoms with Gasteiger partial charge in [-0.3, -0.25) is 14.2 Å². The molecule has 0 saturated heterocycles. The Balaban J connectivity index is 4.13. The highest BCUT2D eigenvalue weighted by atomic mass is 31.2. The Morgan fingerprint density at radius 3 is 1.25 bits per heavy atom. The third-order valence-corrected chi connectivity index (χ3v) is 13.0. The number of phosphoric acid groups is 1. The first-order valence-electron chi connectivity index (χ1n) is 28.0. The molecule has 68 heavy (non-hydrogen) atoms. The fourth-order valence-corrected chi connectivity index (χ4v) is 8.43. The quantitative estimate of drug-likeness (QED) is 0.0195. The number of unbranched alkanes of at least 4 members (excludes halogenated alkanes) is 27. The Bertz CT molecular complexity index is 1340. The number of esters is 2. The van der Waals surface area contributed by atoms with E-state index < -0.39 is 26.5 Å². The number of quaternary nitrogens is 1. The van der Waals surface area contributed by atoms with E-state index in [2.05, 4.69) is 74.6 Å². The van der Waals surface area contributed by atoms with Gasteiger partial charge in [-0.1, -0.05) is 216 Å². The molecule has 0 aromatic heterocycles. The molecule has 396 valence electrons. The highest BCUT2D eigenvalue weighted by Crippen LogP contribution is 2.38. The van der Waals surface area contributed by atoms with Crippen LogP contribution < -0.4 is 4.89 Å². The lowest BCUT2D eigenvalue weighted by atomic mass is 10.0. The molecule has 0 saturated carbocycles. The van der Waals surface area contributed by atoms with Crippen LogP contribution in [0.15, 0.2) is 60.8 Å². The Labute approximate surface area is 419 Å². The van der Waals surface area contributed by atoms with E-state index in [1.54, 1.807) is 0 Å². The second-order valence-corrected chi connectivity index (χ2v) is 21.3. The summed E-state index contributed by atoms with van der Waals surface area (Å²) in [4.78, 5) is 37.8. The Hall–Kier alpha value is -2.29. The lowest BCUT2D eigenvalue weighted by Gasteiger charge is -2.28. The molecule has 0 aliphatic carbocycles. The summed E-state index contributed by atoms with van der Waals surface area (Å²) in [5.74, 6) is -0.841. The van der Waals surface area contributed by atoms with Crippen molar-refractivity contribution in [3.05, 3.63) is 60.8 Å². The molecule has 0 aromatic carbocycles. The summed E-state index contributed by atoms with van der Waals surface area (Å²) in [6.07, 6.45) is 62.6. The van der Waals surface area contributed by atoms with Crippen LogP contribution in [0.25, 0.3) is 0 Å². The molecule has 2 atom stereocenters. The molecule has 0 aliphatic rings. The van der Waals surface area contributed by atoms with E-state index in [1.165, 1.54) is 141 Å². The number of carbonyl (C=O) groups excluding carboxylic acids is 2. The summed E-state index contributed by atoms with van der Waals surface area (Å²) in [6, 6.07) is 0. The van der Waals surface area contributed by atoms with Crippen molar-refractivity contribution in [1.29, 1.82) is 0 Å². The van der Waals surface area contributed by atoms with Crippen molar-refractivity contribution >= 4 is 19.8 Å². The number of hydrogen-bond donors (Lipinski definition) is 0. The van der Waals surface area contributed by atoms with Gasteiger partial charge < -0.3 is 27.9 Å². The van der Waals surface area contributed by atoms with E-state index in [0.717, 1.165) is 70.6 Å². The van der Waals surface area contributed by atoms with Crippen molar-refractivity contribution in [3.8, 4) is 0 Å². The number of phosphoric ester groups is 1. The monoisotopic (exact) mass is 976 g/mol. The maximum absolute atomic E-state index is 12.8. The van der Waals surface area contributed by atoms with Gasteiger partial charge in [0.15, 0.2) is 6.10 Å². The van der Waals surface area contributed by atoms with Gasteiger partial charge in [0.25, 0.3) is 7.82 Å². The van der Waals surface area contributed by atoms with E-state index in [4.69, 9.17) is 18.5 Å². The van der Waals surface area contributed by atoms with Crippen molar-refractivity contribution in [2.45, 2.75) is 251 Å². The van der Waals surface area contributed by atoms with Crippen molar-refractivity contribution < 1.29 is 42.1 Å². The van der Waals surface area contributed by atoms with E-state index in [-0.39, 0.29) is 32.0 Å². The van der Waals surface area contributed by atoms with Crippen LogP contribution >= 0.6 is 7.82 Å². The van der Waals surface area contributed by atoms with Crippen LogP contribution in [0, 0.1) is 0 Å². The zero-order valence-corrected chi connectivity index (χ0v) is 45.7. The summed E-state index contributed by atoms with van der Waals surface area (Å²) < 4.78 is 34.1. The first-order chi connectivity index (χ1) is 33.0. The number of likely N-dealkylation sites (N-methyl/N-ethyl adjacent to an activating group) is 1. The van der Waals surface area contributed by atoms with E-state index in [9.17, 15) is 19.0 Å². The third-order valence-electron chi connectivity index (χ3n) is 12.0. The van der Waals surface area contributed by atoms with Gasteiger partial charge >= 0.3 is 11.9 Å². The number of carbonyl (C=O) groups is 2. The lowest BCUT2D eigenvalue weighted by Crippen LogP contribution is -2.37. The maximum atomic E-state index is 12.8. The SMILES string of the molecule is CC/C=C\C/C=C\C/C=C\CCCCCCCCCC(=O)OC(COC(=O)CCCCCCCCCCCCCCCCC/C=C\C/C=C\CCCCCCC)COP(=O)([O-])OCC[N+](C)(C)C. The summed E-state index contributed by atoms with van der Waals surface area (Å²) in [6.45, 7) is 4.12. The molecule has 0 N–H and O–H groups in total. The lowest BCUT2D eigenvalue weighted by molar-refractivity contribution is -0.870. The van der Waals surface area contributed by atoms with Gasteiger partial charge in [0, 0.05) is 12.8 Å². The number of allylic oxidation sites excluding steroid dienone is 10. The average Bonchev–Trinajstić information content (AvgIpc) is 3.30. The van der Waals surface area contributed by atoms with Gasteiger partial charge in [-0.05, 0) is 77.0 Å². The van der Waals surface area contributed by atoms with Crippen molar-refractivity contribution in [3.63, 3.8) is 0 Å². The number of nitrogens with zero attached hydrogens (tertiary/aromatic N) is 1. The second kappa shape index (κ2) is 49.7. The molecule has 0 aromatic rings. The van der Waals surface area contributed by atoms with Crippen LogP contribution in [-0.4, -0.2) is 70.0 Å². The largest absolute Gasteiger partial charge is 0.756 e. The molecular weight excluding hydrogens is 870 g/mol. The molecule has 9 nitrogen and oxygen atoms in total. The molecule has 0 amide bonds. The molecule has 0 aliphatic heterocycles. The maximum Gasteiger partial charge on any atom is 0.306 e. The first-order valence-corrected chi connectivity index (χ1v) is 29.5. The van der Waals surface area contributed by atoms with Crippen LogP contribution in [0.2, 0.25) is 0 Å². The summed E-state index contributed by atoms with van der Waals surface area (Å²) in [5, 5.41) is 0. The molecular formula is C58H106NO8P. The van der Waals surface area contributed by atoms with Crippen LogP contribution in [0.3, 0.4) is 0 Å². The topological polar surface area (TPSA) is 111 Å². The minimum atomic E-state index is -4.64. The van der Waals surface area contributed by atoms with Crippen molar-refractivity contribution in [2.24, 2.45) is 0 Å². The Morgan fingerprint density at radius 1 is 0.471 bits per heavy atom. The number of ether oxygens (including phenoxy) is 2. The van der Waals surface area contributed by atoms with Crippen LogP contribution in [0.1, 0.15) is 245 Å². The molecule has 0 heterocycles. The standard InChI is InChI=1S/C58H106NO8P/c1-6-8-10-12-14-16-18-20-22-24-25-26-27-28-29-30-31-32-33-35-36-38-40-42-44-46-48-50-57(60)64-54-56(55-66-68(62,63)65-53-52-59(3,4)5)67-58(61)51-49-47-45-43-41-39-37-34-23-21-19-17-15-13-11-9-7-2/h9,11,15,17-18,20-21,23-25,56H,6-8,10,12-14,16,19,22,26-55H2,1-5H3/b11-9-,17-15-,20-18-,23-21-,25-24-. The predicted octanol–water partition coefficient (Wildman–Crippen LogP) is 16.5. The van der Waals surface area contributed by atoms with Crippen molar-refractivity contribution in [2.75, 3.05) is 47.5 Å². The molecule has 0 bridgehead atoms. The molecule has 10 heteroatoms. The average molecular weight is 976 g/mol. The minimum Gasteiger partial charge on any atom is -0.756 e. The predicted molar refractivity (Wildman–Crippen MR) is 287 cm³/mol. The minimum absolute atomic E-state index is 0.0343. The molecule has 2 unspecified atom stereocenters. The summed E-state index contributed by atoms with van der Waals surface area (Å²) >= 11 is 0. The second-order valence-electron chi connectivity index (χ2n) is 19.9. The highest BCUT2D eigenvalue weighted by Gasteiger charge is 2.21. The molecule has 0 spiro atoms. The first kappa shape index (κ1) is 65.7. The zero-order valence-electron chi connectivity index (χ0n) is 44.8. The van der Waals surface area contributed by atoms with Crippen LogP contribution in [-0.2, 0) is 32.7 Å². The van der Waals surface area contributed by atoms with E-state index in [0.29, 0.717) is 17.4 Å². The Morgan fingerprint density at radius 2 is 0.838 bits per heavy atom. The third kappa shape index (κ3) is 53.1. The number of hydrogen-bond acceptors (Lipinski definition) is 8. The fourth-order valence-electron chi connectivity index (χ4n) is 7.70. The smallest absolute Gasteiger partial charge is 0.306 e. The van der Waals surface area contributed by atoms with Gasteiger partial charge in [-0.15, -0.1) is 0 Å². The van der Waals surface area contributed by atoms with Gasteiger partial charge in [0.1, 0.15) is 19.8 Å². The van der Waals surface area contributed by atoms with Gasteiger partial charge in [-0.2, -0.15) is 0 Å². The molecule has 0 rings (SSSR count). The van der Waals surface area contributed by atoms with Gasteiger partial charge in [-0.25, -0.2) is 0 Å². The highest BCUT2D eigenvalue weighted by molar-refractivity contribution is 7.45. The summed E-state index contributed by atoms with van der Waals surface area (Å²) in [5.41, 5.74) is 0. The number of rotatable bonds is 51. The van der Waals surface area contributed by atoms with Gasteiger partial charge in [0.05, 0.1) is 27.7 Å². The zero-order chi connectivity index (χ0) is 49.9. The van der Waals surface area contributed by atoms with Gasteiger partial charge in [0.2, 0.25) is 0 Å². The van der Waals surface area contributed by atoms with E-state index in [1.807, 2.05) is 21.1 Å². The normalized spacial score (nSPS) is 13.8. The van der Waals surface area contributed by atoms with Crippen LogP contribution in [0.5, 0.6) is 0 Å². The molecule has 0 fully saturated rings. The van der Waals surface area contributed by atoms with E-state index >= 15 is 0 Å². The van der Waals surface area contributed by atoms with Crippen LogP contribution in [0.4, 0.5) is 0 Å². The Kier molecular flexibility index (Phi) is 48.0. The fraction of sp³-hybridized carbons (Fsp3) is 0.793. The van der Waals surface area contributed by atoms with Crippen molar-refractivity contribution in [1.82, 2.24) is 0 Å². The molecule has 0 radical (unpaired) electrons. The summed E-state index contributed by atoms with van der Waals surface area (Å²) in [7, 11) is 1.16.